The maximum Gasteiger partial charge on any atom is 0.335 e. The average molecular weight is 278 g/mol. The summed E-state index contributed by atoms with van der Waals surface area (Å²) in [5.74, 6) is -0.840. The van der Waals surface area contributed by atoms with Gasteiger partial charge in [-0.1, -0.05) is 61.9 Å². The zero-order valence-electron chi connectivity index (χ0n) is 12.1. The number of carboxylic acids is 1. The minimum atomic E-state index is -0.840. The molecule has 0 amide bonds. The Labute approximate surface area is 124 Å². The van der Waals surface area contributed by atoms with Crippen LogP contribution in [0.1, 0.15) is 36.5 Å². The summed E-state index contributed by atoms with van der Waals surface area (Å²) in [5, 5.41) is 9.53. The molecule has 0 atom stereocenters. The quantitative estimate of drug-likeness (QED) is 0.712. The molecule has 3 rings (SSSR count). The number of benzene rings is 2. The van der Waals surface area contributed by atoms with Crippen LogP contribution in [0.25, 0.3) is 16.7 Å². The Balaban J connectivity index is 2.13. The van der Waals surface area contributed by atoms with Crippen LogP contribution in [0.15, 0.2) is 48.5 Å². The molecule has 0 aliphatic heterocycles. The maximum absolute atomic E-state index is 11.6. The van der Waals surface area contributed by atoms with Crippen LogP contribution in [0, 0.1) is 0 Å². The summed E-state index contributed by atoms with van der Waals surface area (Å²) < 4.78 is 0. The highest BCUT2D eigenvalue weighted by Gasteiger charge is 2.23. The number of allylic oxidation sites excluding steroid dienone is 1. The highest BCUT2D eigenvalue weighted by Crippen LogP contribution is 2.40. The molecule has 106 valence electrons. The van der Waals surface area contributed by atoms with Gasteiger partial charge in [-0.05, 0) is 40.7 Å². The van der Waals surface area contributed by atoms with Gasteiger partial charge < -0.3 is 5.11 Å². The van der Waals surface area contributed by atoms with Gasteiger partial charge in [-0.2, -0.15) is 0 Å². The minimum absolute atomic E-state index is 0.432. The Morgan fingerprint density at radius 3 is 2.67 bits per heavy atom. The molecule has 0 radical (unpaired) electrons. The van der Waals surface area contributed by atoms with Gasteiger partial charge in [-0.15, -0.1) is 0 Å². The van der Waals surface area contributed by atoms with E-state index in [1.807, 2.05) is 30.3 Å². The van der Waals surface area contributed by atoms with Crippen LogP contribution in [-0.2, 0) is 11.2 Å². The molecule has 2 aromatic rings. The smallest absolute Gasteiger partial charge is 0.335 e. The van der Waals surface area contributed by atoms with Crippen LogP contribution in [0.3, 0.4) is 0 Å². The molecule has 0 bridgehead atoms. The number of carboxylic acid groups (broad SMARTS) is 1. The van der Waals surface area contributed by atoms with Crippen LogP contribution in [-0.4, -0.2) is 11.1 Å². The molecular formula is C19H18O2. The second kappa shape index (κ2) is 5.57. The van der Waals surface area contributed by atoms with E-state index in [2.05, 4.69) is 25.1 Å². The zero-order chi connectivity index (χ0) is 14.8. The normalized spacial score (nSPS) is 12.9. The van der Waals surface area contributed by atoms with Gasteiger partial charge in [0.25, 0.3) is 0 Å². The Morgan fingerprint density at radius 1 is 1.14 bits per heavy atom. The third kappa shape index (κ3) is 2.38. The van der Waals surface area contributed by atoms with Crippen LogP contribution in [0.4, 0.5) is 0 Å². The van der Waals surface area contributed by atoms with Gasteiger partial charge >= 0.3 is 5.97 Å². The summed E-state index contributed by atoms with van der Waals surface area (Å²) >= 11 is 0. The summed E-state index contributed by atoms with van der Waals surface area (Å²) in [5.41, 5.74) is 6.12. The van der Waals surface area contributed by atoms with Crippen LogP contribution in [0.2, 0.25) is 0 Å². The number of fused-ring (bicyclic) bond motifs is 3. The van der Waals surface area contributed by atoms with E-state index in [0.29, 0.717) is 5.57 Å². The summed E-state index contributed by atoms with van der Waals surface area (Å²) in [7, 11) is 0. The first kappa shape index (κ1) is 13.6. The Kier molecular flexibility index (Phi) is 3.61. The van der Waals surface area contributed by atoms with Crippen molar-refractivity contribution in [3.63, 3.8) is 0 Å². The van der Waals surface area contributed by atoms with Crippen LogP contribution in [0.5, 0.6) is 0 Å². The third-order valence-electron chi connectivity index (χ3n) is 4.01. The fraction of sp³-hybridized carbons (Fsp3) is 0.211. The van der Waals surface area contributed by atoms with Crippen molar-refractivity contribution in [2.45, 2.75) is 26.2 Å². The summed E-state index contributed by atoms with van der Waals surface area (Å²) in [4.78, 5) is 11.6. The van der Waals surface area contributed by atoms with Gasteiger partial charge in [-0.25, -0.2) is 4.79 Å². The van der Waals surface area contributed by atoms with Gasteiger partial charge in [-0.3, -0.25) is 0 Å². The molecule has 2 aromatic carbocycles. The second-order valence-electron chi connectivity index (χ2n) is 5.38. The number of hydrogen-bond donors (Lipinski definition) is 1. The molecule has 0 heterocycles. The van der Waals surface area contributed by atoms with Crippen molar-refractivity contribution in [3.05, 3.63) is 65.2 Å². The van der Waals surface area contributed by atoms with Crippen molar-refractivity contribution in [1.29, 1.82) is 0 Å². The van der Waals surface area contributed by atoms with Gasteiger partial charge in [0.05, 0.1) is 5.57 Å². The fourth-order valence-corrected chi connectivity index (χ4v) is 3.01. The van der Waals surface area contributed by atoms with Crippen molar-refractivity contribution < 1.29 is 9.90 Å². The van der Waals surface area contributed by atoms with E-state index in [-0.39, 0.29) is 0 Å². The first-order valence-corrected chi connectivity index (χ1v) is 7.36. The van der Waals surface area contributed by atoms with Crippen molar-refractivity contribution in [3.8, 4) is 11.1 Å². The maximum atomic E-state index is 11.6. The van der Waals surface area contributed by atoms with Gasteiger partial charge in [0.2, 0.25) is 0 Å². The highest BCUT2D eigenvalue weighted by molar-refractivity contribution is 6.16. The Hall–Kier alpha value is -2.35. The van der Waals surface area contributed by atoms with Crippen molar-refractivity contribution in [2.24, 2.45) is 0 Å². The standard InChI is InChI=1S/C19H18O2/c1-2-3-8-17(19(20)21)16-11-6-10-15-14-9-5-4-7-13(14)12-18(15)16/h4-11H,2-3,12H2,1H3,(H,20,21). The third-order valence-corrected chi connectivity index (χ3v) is 4.01. The molecule has 1 aliphatic carbocycles. The molecule has 2 heteroatoms. The predicted octanol–water partition coefficient (Wildman–Crippen LogP) is 4.53. The van der Waals surface area contributed by atoms with Crippen LogP contribution >= 0.6 is 0 Å². The number of carbonyl (C=O) groups is 1. The molecule has 0 fully saturated rings. The molecule has 2 nitrogen and oxygen atoms in total. The zero-order valence-corrected chi connectivity index (χ0v) is 12.1. The summed E-state index contributed by atoms with van der Waals surface area (Å²) in [6.45, 7) is 2.06. The molecule has 1 N–H and O–H groups in total. The second-order valence-corrected chi connectivity index (χ2v) is 5.38. The number of aliphatic carboxylic acids is 1. The molecule has 21 heavy (non-hydrogen) atoms. The van der Waals surface area contributed by atoms with E-state index in [1.165, 1.54) is 16.7 Å². The molecule has 0 aromatic heterocycles. The lowest BCUT2D eigenvalue weighted by atomic mass is 9.95. The number of rotatable bonds is 4. The largest absolute Gasteiger partial charge is 0.478 e. The van der Waals surface area contributed by atoms with E-state index in [4.69, 9.17) is 0 Å². The van der Waals surface area contributed by atoms with Gasteiger partial charge in [0, 0.05) is 0 Å². The molecule has 0 saturated carbocycles. The Bertz CT molecular complexity index is 726. The fourth-order valence-electron chi connectivity index (χ4n) is 3.01. The van der Waals surface area contributed by atoms with E-state index >= 15 is 0 Å². The Morgan fingerprint density at radius 2 is 1.90 bits per heavy atom. The van der Waals surface area contributed by atoms with Crippen molar-refractivity contribution in [2.75, 3.05) is 0 Å². The SMILES string of the molecule is CCCC=C(C(=O)O)c1cccc2c1Cc1ccccc1-2. The average Bonchev–Trinajstić information content (AvgIpc) is 2.87. The molecule has 0 spiro atoms. The van der Waals surface area contributed by atoms with E-state index in [9.17, 15) is 9.90 Å². The lowest BCUT2D eigenvalue weighted by Gasteiger charge is -2.09. The lowest BCUT2D eigenvalue weighted by molar-refractivity contribution is -0.130. The van der Waals surface area contributed by atoms with E-state index in [1.54, 1.807) is 0 Å². The van der Waals surface area contributed by atoms with E-state index < -0.39 is 5.97 Å². The molecule has 1 aliphatic rings. The number of hydrogen-bond acceptors (Lipinski definition) is 1. The molecule has 0 unspecified atom stereocenters. The summed E-state index contributed by atoms with van der Waals surface area (Å²) in [6.07, 6.45) is 4.41. The predicted molar refractivity (Wildman–Crippen MR) is 85.2 cm³/mol. The van der Waals surface area contributed by atoms with E-state index in [0.717, 1.165) is 30.4 Å². The molecular weight excluding hydrogens is 260 g/mol. The van der Waals surface area contributed by atoms with Crippen molar-refractivity contribution >= 4 is 11.5 Å². The van der Waals surface area contributed by atoms with Gasteiger partial charge in [0.15, 0.2) is 0 Å². The van der Waals surface area contributed by atoms with Crippen LogP contribution < -0.4 is 0 Å². The van der Waals surface area contributed by atoms with Crippen molar-refractivity contribution in [1.82, 2.24) is 0 Å². The minimum Gasteiger partial charge on any atom is -0.478 e. The highest BCUT2D eigenvalue weighted by atomic mass is 16.4. The molecule has 0 saturated heterocycles. The van der Waals surface area contributed by atoms with Gasteiger partial charge in [0.1, 0.15) is 0 Å². The monoisotopic (exact) mass is 278 g/mol. The summed E-state index contributed by atoms with van der Waals surface area (Å²) in [6, 6.07) is 14.3. The number of unbranched alkanes of at least 4 members (excludes halogenated alkanes) is 1. The lowest BCUT2D eigenvalue weighted by Crippen LogP contribution is -2.03. The topological polar surface area (TPSA) is 37.3 Å². The first-order valence-electron chi connectivity index (χ1n) is 7.36. The first-order chi connectivity index (χ1) is 10.2.